The number of carbonyl (C=O) groups excluding carboxylic acids is 2. The number of halogens is 1. The average molecular weight is 574 g/mol. The number of thioether (sulfide) groups is 1. The van der Waals surface area contributed by atoms with E-state index in [0.29, 0.717) is 33.6 Å². The van der Waals surface area contributed by atoms with Gasteiger partial charge in [0.05, 0.1) is 18.2 Å². The lowest BCUT2D eigenvalue weighted by atomic mass is 9.95. The van der Waals surface area contributed by atoms with E-state index in [4.69, 9.17) is 4.74 Å². The van der Waals surface area contributed by atoms with Gasteiger partial charge in [-0.05, 0) is 47.9 Å². The van der Waals surface area contributed by atoms with Crippen molar-refractivity contribution in [2.75, 3.05) is 11.5 Å². The fourth-order valence-electron chi connectivity index (χ4n) is 4.25. The summed E-state index contributed by atoms with van der Waals surface area (Å²) in [7, 11) is 0. The van der Waals surface area contributed by atoms with Crippen molar-refractivity contribution in [3.05, 3.63) is 119 Å². The van der Waals surface area contributed by atoms with Gasteiger partial charge in [0.2, 0.25) is 5.13 Å². The number of carbonyl (C=O) groups is 2. The molecule has 1 amide bonds. The molecule has 1 aliphatic heterocycles. The van der Waals surface area contributed by atoms with Crippen LogP contribution in [0.3, 0.4) is 0 Å². The van der Waals surface area contributed by atoms with Gasteiger partial charge in [-0.3, -0.25) is 14.5 Å². The Kier molecular flexibility index (Phi) is 8.37. The molecule has 1 atom stereocenters. The monoisotopic (exact) mass is 573 g/mol. The summed E-state index contributed by atoms with van der Waals surface area (Å²) in [6.07, 6.45) is 2.97. The third-order valence-electron chi connectivity index (χ3n) is 6.10. The molecule has 5 rings (SSSR count). The van der Waals surface area contributed by atoms with Gasteiger partial charge in [-0.15, -0.1) is 10.2 Å². The first kappa shape index (κ1) is 27.3. The summed E-state index contributed by atoms with van der Waals surface area (Å²) in [5.41, 5.74) is 1.81. The van der Waals surface area contributed by atoms with Crippen LogP contribution in [0.1, 0.15) is 29.7 Å². The number of nitrogens with zero attached hydrogens (tertiary/aromatic N) is 3. The Bertz CT molecular complexity index is 1600. The maximum atomic E-state index is 14.1. The number of ketones is 1. The molecular formula is C30H24FN3O4S2. The summed E-state index contributed by atoms with van der Waals surface area (Å²) in [4.78, 5) is 28.1. The first-order valence-corrected chi connectivity index (χ1v) is 14.2. The van der Waals surface area contributed by atoms with Crippen molar-refractivity contribution in [1.82, 2.24) is 10.2 Å². The molecule has 40 heavy (non-hydrogen) atoms. The van der Waals surface area contributed by atoms with Crippen LogP contribution >= 0.6 is 23.1 Å². The molecule has 0 aliphatic carbocycles. The van der Waals surface area contributed by atoms with E-state index in [2.05, 4.69) is 10.2 Å². The smallest absolute Gasteiger partial charge is 0.296 e. The third kappa shape index (κ3) is 5.83. The summed E-state index contributed by atoms with van der Waals surface area (Å²) in [5.74, 6) is -1.35. The number of anilines is 1. The van der Waals surface area contributed by atoms with Crippen LogP contribution < -0.4 is 9.64 Å². The van der Waals surface area contributed by atoms with Crippen LogP contribution in [-0.4, -0.2) is 33.6 Å². The first-order valence-electron chi connectivity index (χ1n) is 12.4. The van der Waals surface area contributed by atoms with Gasteiger partial charge in [0.1, 0.15) is 11.6 Å². The van der Waals surface area contributed by atoms with Gasteiger partial charge in [-0.2, -0.15) is 0 Å². The van der Waals surface area contributed by atoms with E-state index < -0.39 is 23.5 Å². The van der Waals surface area contributed by atoms with Crippen molar-refractivity contribution in [3.8, 4) is 5.75 Å². The molecule has 0 spiro atoms. The largest absolute Gasteiger partial charge is 0.503 e. The summed E-state index contributed by atoms with van der Waals surface area (Å²) in [5, 5.41) is 19.5. The molecule has 1 N–H and O–H groups in total. The van der Waals surface area contributed by atoms with E-state index in [-0.39, 0.29) is 16.5 Å². The van der Waals surface area contributed by atoms with Crippen molar-refractivity contribution in [1.29, 1.82) is 0 Å². The maximum absolute atomic E-state index is 14.1. The fraction of sp³-hybridized carbons (Fsp3) is 0.133. The fourth-order valence-corrected chi connectivity index (χ4v) is 6.10. The lowest BCUT2D eigenvalue weighted by molar-refractivity contribution is -0.117. The summed E-state index contributed by atoms with van der Waals surface area (Å²) in [6, 6.07) is 21.8. The van der Waals surface area contributed by atoms with Crippen molar-refractivity contribution in [3.63, 3.8) is 0 Å². The van der Waals surface area contributed by atoms with E-state index >= 15 is 0 Å². The van der Waals surface area contributed by atoms with Gasteiger partial charge in [-0.25, -0.2) is 4.39 Å². The van der Waals surface area contributed by atoms with Crippen LogP contribution in [0.2, 0.25) is 0 Å². The highest BCUT2D eigenvalue weighted by Gasteiger charge is 2.45. The highest BCUT2D eigenvalue weighted by Crippen LogP contribution is 2.44. The Morgan fingerprint density at radius 3 is 2.65 bits per heavy atom. The molecular weight excluding hydrogens is 549 g/mol. The van der Waals surface area contributed by atoms with Crippen LogP contribution in [0.4, 0.5) is 9.52 Å². The number of amides is 1. The zero-order valence-electron chi connectivity index (χ0n) is 21.4. The Labute approximate surface area is 238 Å². The topological polar surface area (TPSA) is 92.6 Å². The molecule has 0 radical (unpaired) electrons. The zero-order chi connectivity index (χ0) is 28.1. The lowest BCUT2D eigenvalue weighted by Crippen LogP contribution is -2.30. The third-order valence-corrected chi connectivity index (χ3v) is 8.20. The number of allylic oxidation sites excluding steroid dienone is 1. The molecule has 1 unspecified atom stereocenters. The molecule has 1 aromatic heterocycles. The number of benzene rings is 3. The number of aliphatic hydroxyl groups is 1. The molecule has 3 aromatic carbocycles. The SMILES string of the molecule is CCOc1cccc(C2C(C(=O)/C=C/c3ccccc3)=C(O)C(=O)N2c2nnc(SCc3ccccc3F)s2)c1. The van der Waals surface area contributed by atoms with Crippen molar-refractivity contribution in [2.24, 2.45) is 0 Å². The van der Waals surface area contributed by atoms with Crippen molar-refractivity contribution < 1.29 is 23.8 Å². The number of rotatable bonds is 10. The van der Waals surface area contributed by atoms with E-state index in [1.54, 1.807) is 48.5 Å². The quantitative estimate of drug-likeness (QED) is 0.131. The van der Waals surface area contributed by atoms with Gasteiger partial charge in [0.25, 0.3) is 5.91 Å². The molecule has 202 valence electrons. The summed E-state index contributed by atoms with van der Waals surface area (Å²) < 4.78 is 20.2. The molecule has 0 bridgehead atoms. The minimum atomic E-state index is -0.960. The molecule has 0 saturated carbocycles. The molecule has 0 fully saturated rings. The van der Waals surface area contributed by atoms with Gasteiger partial charge in [-0.1, -0.05) is 89.8 Å². The number of aromatic nitrogens is 2. The molecule has 1 aliphatic rings. The molecule has 4 aromatic rings. The van der Waals surface area contributed by atoms with Crippen LogP contribution in [0, 0.1) is 5.82 Å². The molecule has 0 saturated heterocycles. The highest BCUT2D eigenvalue weighted by molar-refractivity contribution is 8.00. The number of hydrogen-bond donors (Lipinski definition) is 1. The minimum absolute atomic E-state index is 0.0680. The standard InChI is InChI=1S/C30H24FN3O4S2/c1-2-38-22-13-8-12-20(17-22)26-25(24(35)16-15-19-9-4-3-5-10-19)27(36)28(37)34(26)29-32-33-30(40-29)39-18-21-11-6-7-14-23(21)31/h3-17,26,36H,2,18H2,1H3/b16-15+. The Balaban J connectivity index is 1.48. The van der Waals surface area contributed by atoms with Crippen LogP contribution in [0.5, 0.6) is 5.75 Å². The Hall–Kier alpha value is -4.28. The van der Waals surface area contributed by atoms with Crippen LogP contribution in [-0.2, 0) is 15.3 Å². The summed E-state index contributed by atoms with van der Waals surface area (Å²) in [6.45, 7) is 2.29. The zero-order valence-corrected chi connectivity index (χ0v) is 23.0. The maximum Gasteiger partial charge on any atom is 0.296 e. The highest BCUT2D eigenvalue weighted by atomic mass is 32.2. The Morgan fingerprint density at radius 1 is 1.10 bits per heavy atom. The van der Waals surface area contributed by atoms with E-state index in [9.17, 15) is 19.1 Å². The number of ether oxygens (including phenoxy) is 1. The minimum Gasteiger partial charge on any atom is -0.503 e. The van der Waals surface area contributed by atoms with E-state index in [0.717, 1.165) is 16.9 Å². The molecule has 10 heteroatoms. The van der Waals surface area contributed by atoms with Gasteiger partial charge >= 0.3 is 0 Å². The predicted octanol–water partition coefficient (Wildman–Crippen LogP) is 6.55. The second-order valence-electron chi connectivity index (χ2n) is 8.68. The summed E-state index contributed by atoms with van der Waals surface area (Å²) >= 11 is 2.40. The molecule has 7 nitrogen and oxygen atoms in total. The van der Waals surface area contributed by atoms with E-state index in [1.165, 1.54) is 28.8 Å². The van der Waals surface area contributed by atoms with Gasteiger partial charge in [0, 0.05) is 5.75 Å². The normalized spacial score (nSPS) is 15.3. The van der Waals surface area contributed by atoms with Crippen LogP contribution in [0.15, 0.2) is 101 Å². The average Bonchev–Trinajstić information content (AvgIpc) is 3.54. The van der Waals surface area contributed by atoms with Gasteiger partial charge in [0.15, 0.2) is 15.9 Å². The van der Waals surface area contributed by atoms with Crippen LogP contribution in [0.25, 0.3) is 6.08 Å². The lowest BCUT2D eigenvalue weighted by Gasteiger charge is -2.24. The van der Waals surface area contributed by atoms with Gasteiger partial charge < -0.3 is 9.84 Å². The van der Waals surface area contributed by atoms with Crippen molar-refractivity contribution in [2.45, 2.75) is 23.1 Å². The predicted molar refractivity (Wildman–Crippen MR) is 154 cm³/mol. The second-order valence-corrected chi connectivity index (χ2v) is 10.9. The van der Waals surface area contributed by atoms with E-state index in [1.807, 2.05) is 37.3 Å². The Morgan fingerprint density at radius 2 is 1.88 bits per heavy atom. The first-order chi connectivity index (χ1) is 19.5. The second kappa shape index (κ2) is 12.3. The number of hydrogen-bond acceptors (Lipinski definition) is 8. The van der Waals surface area contributed by atoms with Crippen molar-refractivity contribution >= 4 is 46.0 Å². The molecule has 2 heterocycles. The number of aliphatic hydroxyl groups excluding tert-OH is 1.